The second kappa shape index (κ2) is 9.00. The maximum atomic E-state index is 13.6. The number of nitrogens with zero attached hydrogens (tertiary/aromatic N) is 6. The summed E-state index contributed by atoms with van der Waals surface area (Å²) in [5.41, 5.74) is 2.60. The summed E-state index contributed by atoms with van der Waals surface area (Å²) in [5, 5.41) is 19.6. The molecule has 1 atom stereocenters. The number of aryl methyl sites for hydroxylation is 2. The Bertz CT molecular complexity index is 1430. The highest BCUT2D eigenvalue weighted by Gasteiger charge is 2.21. The zero-order valence-corrected chi connectivity index (χ0v) is 18.4. The molecule has 1 amide bonds. The summed E-state index contributed by atoms with van der Waals surface area (Å²) < 4.78 is 22.0. The van der Waals surface area contributed by atoms with Crippen LogP contribution >= 0.6 is 0 Å². The van der Waals surface area contributed by atoms with Crippen LogP contribution in [0.3, 0.4) is 0 Å². The molecule has 4 aromatic rings. The molecule has 34 heavy (non-hydrogen) atoms. The fourth-order valence-electron chi connectivity index (χ4n) is 3.94. The van der Waals surface area contributed by atoms with E-state index in [1.54, 1.807) is 37.3 Å². The molecule has 1 unspecified atom stereocenters. The first kappa shape index (κ1) is 21.7. The van der Waals surface area contributed by atoms with Gasteiger partial charge in [0.2, 0.25) is 11.8 Å². The molecule has 0 fully saturated rings. The lowest BCUT2D eigenvalue weighted by molar-refractivity contribution is -0.124. The summed E-state index contributed by atoms with van der Waals surface area (Å²) in [7, 11) is 0. The van der Waals surface area contributed by atoms with E-state index < -0.39 is 6.04 Å². The maximum absolute atomic E-state index is 13.6. The van der Waals surface area contributed by atoms with Gasteiger partial charge in [0.25, 0.3) is 5.56 Å². The number of benzene rings is 1. The standard InChI is InChI=1S/C23H22FN7O3/c1-14(30-21(32)13-15-4-3-7-18(15)28-30)23(33)25-10-11-34-20-9-8-19-26-27-22(31(19)29-20)16-5-2-6-17(24)12-16/h2,5-6,8-9,12-14H,3-4,7,10-11H2,1H3,(H,25,33). The predicted molar refractivity (Wildman–Crippen MR) is 120 cm³/mol. The largest absolute Gasteiger partial charge is 0.475 e. The lowest BCUT2D eigenvalue weighted by Crippen LogP contribution is -2.38. The topological polar surface area (TPSA) is 116 Å². The lowest BCUT2D eigenvalue weighted by atomic mass is 10.2. The minimum absolute atomic E-state index is 0.154. The number of aromatic nitrogens is 6. The van der Waals surface area contributed by atoms with Crippen molar-refractivity contribution in [2.24, 2.45) is 0 Å². The van der Waals surface area contributed by atoms with Crippen LogP contribution < -0.4 is 15.6 Å². The molecule has 0 bridgehead atoms. The molecule has 0 radical (unpaired) electrons. The van der Waals surface area contributed by atoms with Crippen LogP contribution in [0.5, 0.6) is 5.88 Å². The Hall–Kier alpha value is -4.15. The molecular weight excluding hydrogens is 441 g/mol. The van der Waals surface area contributed by atoms with Crippen LogP contribution in [0, 0.1) is 5.82 Å². The van der Waals surface area contributed by atoms with Gasteiger partial charge >= 0.3 is 0 Å². The SMILES string of the molecule is CC(C(=O)NCCOc1ccc2nnc(-c3cccc(F)c3)n2n1)n1nc2c(cc1=O)CCC2. The number of hydrogen-bond acceptors (Lipinski definition) is 7. The van der Waals surface area contributed by atoms with Crippen molar-refractivity contribution in [2.45, 2.75) is 32.2 Å². The van der Waals surface area contributed by atoms with E-state index in [1.165, 1.54) is 21.3 Å². The average molecular weight is 463 g/mol. The normalized spacial score (nSPS) is 13.6. The Morgan fingerprint density at radius 1 is 1.18 bits per heavy atom. The quantitative estimate of drug-likeness (QED) is 0.415. The van der Waals surface area contributed by atoms with Gasteiger partial charge in [0, 0.05) is 17.7 Å². The van der Waals surface area contributed by atoms with Crippen molar-refractivity contribution in [3.63, 3.8) is 0 Å². The van der Waals surface area contributed by atoms with Gasteiger partial charge in [-0.25, -0.2) is 9.07 Å². The first-order valence-electron chi connectivity index (χ1n) is 11.0. The molecule has 1 N–H and O–H groups in total. The number of carbonyl (C=O) groups is 1. The highest BCUT2D eigenvalue weighted by molar-refractivity contribution is 5.79. The number of halogens is 1. The Morgan fingerprint density at radius 2 is 2.06 bits per heavy atom. The van der Waals surface area contributed by atoms with Crippen molar-refractivity contribution in [3.05, 3.63) is 69.9 Å². The van der Waals surface area contributed by atoms with Gasteiger partial charge in [0.1, 0.15) is 18.5 Å². The van der Waals surface area contributed by atoms with Crippen LogP contribution in [-0.2, 0) is 17.6 Å². The number of nitrogens with one attached hydrogen (secondary N) is 1. The van der Waals surface area contributed by atoms with Gasteiger partial charge in [-0.05, 0) is 49.9 Å². The summed E-state index contributed by atoms with van der Waals surface area (Å²) >= 11 is 0. The average Bonchev–Trinajstić information content (AvgIpc) is 3.46. The van der Waals surface area contributed by atoms with Crippen LogP contribution in [0.25, 0.3) is 17.0 Å². The van der Waals surface area contributed by atoms with E-state index in [1.807, 2.05) is 0 Å². The number of hydrogen-bond donors (Lipinski definition) is 1. The van der Waals surface area contributed by atoms with E-state index in [-0.39, 0.29) is 30.4 Å². The van der Waals surface area contributed by atoms with Gasteiger partial charge in [-0.2, -0.15) is 9.61 Å². The molecule has 3 heterocycles. The molecule has 11 heteroatoms. The number of ether oxygens (including phenoxy) is 1. The third-order valence-electron chi connectivity index (χ3n) is 5.70. The van der Waals surface area contributed by atoms with E-state index >= 15 is 0 Å². The van der Waals surface area contributed by atoms with Gasteiger partial charge in [-0.3, -0.25) is 9.59 Å². The molecule has 10 nitrogen and oxygen atoms in total. The van der Waals surface area contributed by atoms with E-state index in [0.717, 1.165) is 30.5 Å². The minimum atomic E-state index is -0.737. The summed E-state index contributed by atoms with van der Waals surface area (Å²) in [5.74, 6) is -0.0335. The zero-order chi connectivity index (χ0) is 23.7. The van der Waals surface area contributed by atoms with Crippen LogP contribution in [0.2, 0.25) is 0 Å². The third kappa shape index (κ3) is 4.24. The molecule has 3 aromatic heterocycles. The van der Waals surface area contributed by atoms with Crippen LogP contribution in [0.4, 0.5) is 4.39 Å². The molecule has 1 aliphatic carbocycles. The summed E-state index contributed by atoms with van der Waals surface area (Å²) in [4.78, 5) is 24.9. The molecule has 1 aliphatic rings. The van der Waals surface area contributed by atoms with E-state index in [4.69, 9.17) is 4.74 Å². The van der Waals surface area contributed by atoms with Crippen molar-refractivity contribution in [3.8, 4) is 17.3 Å². The maximum Gasteiger partial charge on any atom is 0.267 e. The van der Waals surface area contributed by atoms with Crippen molar-refractivity contribution < 1.29 is 13.9 Å². The van der Waals surface area contributed by atoms with Crippen molar-refractivity contribution in [1.82, 2.24) is 34.9 Å². The Kier molecular flexibility index (Phi) is 5.74. The first-order valence-corrected chi connectivity index (χ1v) is 11.0. The van der Waals surface area contributed by atoms with Gasteiger partial charge in [0.15, 0.2) is 11.5 Å². The van der Waals surface area contributed by atoms with Gasteiger partial charge in [-0.15, -0.1) is 15.3 Å². The highest BCUT2D eigenvalue weighted by atomic mass is 19.1. The second-order valence-corrected chi connectivity index (χ2v) is 8.04. The fraction of sp³-hybridized carbons (Fsp3) is 0.304. The number of rotatable bonds is 7. The molecule has 0 saturated carbocycles. The molecule has 1 aromatic carbocycles. The van der Waals surface area contributed by atoms with Crippen LogP contribution in [0.15, 0.2) is 47.3 Å². The van der Waals surface area contributed by atoms with Crippen molar-refractivity contribution >= 4 is 11.6 Å². The Balaban J connectivity index is 1.21. The van der Waals surface area contributed by atoms with Gasteiger partial charge in [-0.1, -0.05) is 12.1 Å². The fourth-order valence-corrected chi connectivity index (χ4v) is 3.94. The number of fused-ring (bicyclic) bond motifs is 2. The summed E-state index contributed by atoms with van der Waals surface area (Å²) in [6.45, 7) is 2.00. The van der Waals surface area contributed by atoms with E-state index in [0.29, 0.717) is 22.9 Å². The Morgan fingerprint density at radius 3 is 2.91 bits per heavy atom. The zero-order valence-electron chi connectivity index (χ0n) is 18.4. The third-order valence-corrected chi connectivity index (χ3v) is 5.70. The van der Waals surface area contributed by atoms with E-state index in [9.17, 15) is 14.0 Å². The molecule has 0 aliphatic heterocycles. The lowest BCUT2D eigenvalue weighted by Gasteiger charge is -2.15. The van der Waals surface area contributed by atoms with Crippen LogP contribution in [0.1, 0.15) is 30.6 Å². The highest BCUT2D eigenvalue weighted by Crippen LogP contribution is 2.20. The summed E-state index contributed by atoms with van der Waals surface area (Å²) in [6.07, 6.45) is 2.65. The van der Waals surface area contributed by atoms with Gasteiger partial charge in [0.05, 0.1) is 12.2 Å². The molecule has 5 rings (SSSR count). The van der Waals surface area contributed by atoms with Gasteiger partial charge < -0.3 is 10.1 Å². The number of amides is 1. The second-order valence-electron chi connectivity index (χ2n) is 8.04. The van der Waals surface area contributed by atoms with Crippen LogP contribution in [-0.4, -0.2) is 48.7 Å². The Labute approximate surface area is 193 Å². The minimum Gasteiger partial charge on any atom is -0.475 e. The molecule has 0 saturated heterocycles. The molecule has 174 valence electrons. The molecule has 0 spiro atoms. The monoisotopic (exact) mass is 463 g/mol. The van der Waals surface area contributed by atoms with Crippen molar-refractivity contribution in [1.29, 1.82) is 0 Å². The summed E-state index contributed by atoms with van der Waals surface area (Å²) in [6, 6.07) is 10.2. The first-order chi connectivity index (χ1) is 16.5. The predicted octanol–water partition coefficient (Wildman–Crippen LogP) is 1.73. The van der Waals surface area contributed by atoms with Crippen molar-refractivity contribution in [2.75, 3.05) is 13.2 Å². The number of carbonyl (C=O) groups excluding carboxylic acids is 1. The smallest absolute Gasteiger partial charge is 0.267 e. The van der Waals surface area contributed by atoms with E-state index in [2.05, 4.69) is 25.7 Å². The molecular formula is C23H22FN7O3.